The second-order valence-corrected chi connectivity index (χ2v) is 32.1. The summed E-state index contributed by atoms with van der Waals surface area (Å²) in [5, 5.41) is 27.4. The SMILES string of the molecule is Cc1c(-c2cc3ccccc3c[n+]2C)c2oc3ncccc3c2c2ccccc12.Cc1c(-c2cc3ccccc3c[n+]2C)c2oc3ncccc3c2c2ccccc12.Cc1ccc2c(n1)oc1c(-c3cc4ccccc4c[n+]3C)c(C)c3ccccc3c12.[2H]C([2H])([2H])C([2H])(C)c1ccc2c(-c3c(C)c4ccccc4c4c3oc3nc(C)ccc34)[n+](C)ccc2c1. The molecule has 12 aromatic heterocycles. The van der Waals surface area contributed by atoms with E-state index in [9.17, 15) is 0 Å². The molecule has 0 spiro atoms. The van der Waals surface area contributed by atoms with Crippen LogP contribution in [0.4, 0.5) is 0 Å². The monoisotopic (exact) mass is 1570 g/mol. The summed E-state index contributed by atoms with van der Waals surface area (Å²) in [5.41, 5.74) is 22.0. The molecule has 0 amide bonds. The molecule has 12 nitrogen and oxygen atoms in total. The molecule has 0 aliphatic heterocycles. The average Bonchev–Trinajstić information content (AvgIpc) is 1.62. The summed E-state index contributed by atoms with van der Waals surface area (Å²) in [5.74, 6) is -1.71. The zero-order chi connectivity index (χ0) is 85.7. The van der Waals surface area contributed by atoms with E-state index < -0.39 is 12.7 Å². The number of benzene rings is 12. The van der Waals surface area contributed by atoms with Crippen molar-refractivity contribution >= 4 is 174 Å². The van der Waals surface area contributed by atoms with Gasteiger partial charge in [0.25, 0.3) is 0 Å². The molecule has 0 aliphatic carbocycles. The van der Waals surface area contributed by atoms with Crippen molar-refractivity contribution in [2.45, 2.75) is 61.2 Å². The van der Waals surface area contributed by atoms with E-state index in [1.54, 1.807) is 18.5 Å². The number of furan rings is 4. The fourth-order valence-electron chi connectivity index (χ4n) is 18.8. The van der Waals surface area contributed by atoms with E-state index in [0.29, 0.717) is 28.4 Å². The number of hydrogen-bond donors (Lipinski definition) is 0. The maximum absolute atomic E-state index is 8.58. The Kier molecular flexibility index (Phi) is 16.6. The largest absolute Gasteiger partial charge is 0.437 e. The van der Waals surface area contributed by atoms with Crippen LogP contribution in [0.5, 0.6) is 0 Å². The van der Waals surface area contributed by atoms with Gasteiger partial charge in [-0.2, -0.15) is 0 Å². The molecule has 1 unspecified atom stereocenters. The summed E-state index contributed by atoms with van der Waals surface area (Å²) in [4.78, 5) is 18.3. The Morgan fingerprint density at radius 2 is 0.612 bits per heavy atom. The third kappa shape index (κ3) is 12.1. The van der Waals surface area contributed by atoms with E-state index in [1.807, 2.05) is 69.6 Å². The Morgan fingerprint density at radius 3 is 0.992 bits per heavy atom. The minimum absolute atomic E-state index is 0.462. The van der Waals surface area contributed by atoms with E-state index in [0.717, 1.165) is 149 Å². The predicted molar refractivity (Wildman–Crippen MR) is 495 cm³/mol. The number of aromatic nitrogens is 8. The molecule has 0 saturated carbocycles. The second-order valence-electron chi connectivity index (χ2n) is 32.1. The minimum Gasteiger partial charge on any atom is -0.437 e. The van der Waals surface area contributed by atoms with Crippen LogP contribution in [0, 0.1) is 41.5 Å². The van der Waals surface area contributed by atoms with Crippen LogP contribution in [0.2, 0.25) is 0 Å². The first kappa shape index (κ1) is 69.3. The zero-order valence-corrected chi connectivity index (χ0v) is 69.0. The van der Waals surface area contributed by atoms with E-state index in [1.165, 1.54) is 88.2 Å². The van der Waals surface area contributed by atoms with Gasteiger partial charge in [-0.25, -0.2) is 38.2 Å². The van der Waals surface area contributed by atoms with Crippen molar-refractivity contribution in [2.75, 3.05) is 0 Å². The molecular weight excluding hydrogens is 1490 g/mol. The number of hydrogen-bond acceptors (Lipinski definition) is 8. The highest BCUT2D eigenvalue weighted by Crippen LogP contribution is 2.49. The maximum atomic E-state index is 8.58. The van der Waals surface area contributed by atoms with Gasteiger partial charge in [-0.1, -0.05) is 178 Å². The Morgan fingerprint density at radius 1 is 0.298 bits per heavy atom. The van der Waals surface area contributed by atoms with Crippen molar-refractivity contribution in [3.05, 3.63) is 337 Å². The first-order chi connectivity index (χ1) is 60.5. The van der Waals surface area contributed by atoms with Crippen LogP contribution in [0.1, 0.15) is 64.4 Å². The van der Waals surface area contributed by atoms with Crippen molar-refractivity contribution in [2.24, 2.45) is 28.2 Å². The molecule has 24 aromatic rings. The second kappa shape index (κ2) is 29.0. The Hall–Kier alpha value is -14.9. The van der Waals surface area contributed by atoms with Gasteiger partial charge in [-0.05, 0) is 213 Å². The lowest BCUT2D eigenvalue weighted by molar-refractivity contribution is -0.659. The van der Waals surface area contributed by atoms with Gasteiger partial charge in [0.05, 0.1) is 27.6 Å². The first-order valence-electron chi connectivity index (χ1n) is 42.9. The van der Waals surface area contributed by atoms with Gasteiger partial charge >= 0.3 is 0 Å². The lowest BCUT2D eigenvalue weighted by Crippen LogP contribution is -2.30. The summed E-state index contributed by atoms with van der Waals surface area (Å²) >= 11 is 0. The van der Waals surface area contributed by atoms with Crippen LogP contribution >= 0.6 is 0 Å². The fourth-order valence-corrected chi connectivity index (χ4v) is 18.8. The van der Waals surface area contributed by atoms with Crippen LogP contribution in [0.15, 0.2) is 316 Å². The van der Waals surface area contributed by atoms with Crippen LogP contribution in [0.3, 0.4) is 0 Å². The summed E-state index contributed by atoms with van der Waals surface area (Å²) in [7, 11) is 8.31. The van der Waals surface area contributed by atoms with Crippen LogP contribution < -0.4 is 18.3 Å². The topological polar surface area (TPSA) is 120 Å². The highest BCUT2D eigenvalue weighted by Gasteiger charge is 2.31. The van der Waals surface area contributed by atoms with E-state index in [-0.39, 0.29) is 0 Å². The van der Waals surface area contributed by atoms with Gasteiger partial charge in [0.15, 0.2) is 47.1 Å². The van der Waals surface area contributed by atoms with E-state index in [4.69, 9.17) is 23.2 Å². The van der Waals surface area contributed by atoms with Crippen molar-refractivity contribution in [1.82, 2.24) is 19.9 Å². The molecule has 12 heteroatoms. The van der Waals surface area contributed by atoms with Crippen LogP contribution in [-0.4, -0.2) is 19.9 Å². The van der Waals surface area contributed by atoms with Gasteiger partial charge in [0.1, 0.15) is 28.2 Å². The molecule has 582 valence electrons. The molecule has 0 fully saturated rings. The predicted octanol–water partition coefficient (Wildman–Crippen LogP) is 26.1. The molecule has 0 N–H and O–H groups in total. The summed E-state index contributed by atoms with van der Waals surface area (Å²) in [6.45, 7) is 11.7. The summed E-state index contributed by atoms with van der Waals surface area (Å²) < 4.78 is 66.6. The molecule has 0 aliphatic rings. The Balaban J connectivity index is 0.000000102. The maximum Gasteiger partial charge on any atom is 0.227 e. The zero-order valence-electron chi connectivity index (χ0n) is 73.0. The lowest BCUT2D eigenvalue weighted by Gasteiger charge is -2.13. The number of aryl methyl sites for hydroxylation is 10. The van der Waals surface area contributed by atoms with Crippen molar-refractivity contribution < 1.29 is 41.4 Å². The van der Waals surface area contributed by atoms with E-state index in [2.05, 4.69) is 318 Å². The Labute approximate surface area is 703 Å². The van der Waals surface area contributed by atoms with Gasteiger partial charge in [0, 0.05) is 113 Å². The lowest BCUT2D eigenvalue weighted by atomic mass is 9.91. The third-order valence-electron chi connectivity index (χ3n) is 24.7. The molecule has 12 aromatic carbocycles. The standard InChI is InChI=1S/C30H27N2O.C27H21N2O.2C26H19N2O/c1-17(2)20-11-13-23-21(16-20)14-15-32(5)28(23)26-19(4)22-8-6-7-9-24(22)27-25-12-10-18(3)31-30(25)33-29(26)27;1-16-12-13-22-25-21-11-7-6-10-20(21)17(2)24(26(25)30-27(22)28-16)23-14-18-8-4-5-9-19(18)15-29(23)3;2*1-16-19-10-5-6-11-20(19)24-21-12-7-13-27-26(21)29-25(24)23(16)22-14-17-8-3-4-9-18(17)15-28(22)2/h6-17H,1-5H3;4-15H,1-3H3;2*3-15H,1-2H3/q4*+1/i1D3,17D;;;. The smallest absolute Gasteiger partial charge is 0.227 e. The minimum atomic E-state index is -2.44. The molecule has 0 saturated heterocycles. The number of nitrogens with zero attached hydrogens (tertiary/aromatic N) is 8. The number of rotatable bonds is 5. The van der Waals surface area contributed by atoms with Crippen molar-refractivity contribution in [3.63, 3.8) is 0 Å². The van der Waals surface area contributed by atoms with Crippen molar-refractivity contribution in [3.8, 4) is 45.0 Å². The van der Waals surface area contributed by atoms with Crippen molar-refractivity contribution in [1.29, 1.82) is 0 Å². The molecular formula is C109H86N8O4+4. The normalized spacial score (nSPS) is 13.0. The van der Waals surface area contributed by atoms with E-state index >= 15 is 0 Å². The third-order valence-corrected chi connectivity index (χ3v) is 24.7. The number of fused-ring (bicyclic) bond motifs is 24. The summed E-state index contributed by atoms with van der Waals surface area (Å²) in [6, 6.07) is 90.2. The molecule has 121 heavy (non-hydrogen) atoms. The van der Waals surface area contributed by atoms with Crippen LogP contribution in [0.25, 0.3) is 219 Å². The van der Waals surface area contributed by atoms with Gasteiger partial charge in [0.2, 0.25) is 45.6 Å². The summed E-state index contributed by atoms with van der Waals surface area (Å²) in [6.07, 6.45) is 12.1. The molecule has 24 rings (SSSR count). The number of pyridine rings is 8. The molecule has 12 heterocycles. The highest BCUT2D eigenvalue weighted by atomic mass is 16.4. The van der Waals surface area contributed by atoms with Gasteiger partial charge in [-0.15, -0.1) is 0 Å². The fraction of sp³-hybridized carbons (Fsp3) is 0.119. The molecule has 0 bridgehead atoms. The highest BCUT2D eigenvalue weighted by molar-refractivity contribution is 6.27. The quantitative estimate of drug-likeness (QED) is 0.156. The van der Waals surface area contributed by atoms with Crippen LogP contribution in [-0.2, 0) is 28.2 Å². The van der Waals surface area contributed by atoms with Gasteiger partial charge in [-0.3, -0.25) is 0 Å². The molecule has 1 atom stereocenters. The molecule has 0 radical (unpaired) electrons. The van der Waals surface area contributed by atoms with Gasteiger partial charge < -0.3 is 17.7 Å². The Bertz CT molecular complexity index is 8440. The average molecular weight is 1580 g/mol. The first-order valence-corrected chi connectivity index (χ1v) is 40.9.